The van der Waals surface area contributed by atoms with Crippen LogP contribution < -0.4 is 5.32 Å². The maximum atomic E-state index is 11.7. The molecule has 0 bridgehead atoms. The molecule has 2 aliphatic heterocycles. The Morgan fingerprint density at radius 1 is 1.33 bits per heavy atom. The maximum absolute atomic E-state index is 11.7. The zero-order valence-corrected chi connectivity index (χ0v) is 20.2. The molecule has 27 heavy (non-hydrogen) atoms. The molecule has 2 aliphatic rings. The molecule has 3 rings (SSSR count). The molecule has 8 heteroatoms. The van der Waals surface area contributed by atoms with Crippen molar-refractivity contribution in [1.82, 2.24) is 10.2 Å². The van der Waals surface area contributed by atoms with Crippen LogP contribution in [0.25, 0.3) is 0 Å². The van der Waals surface area contributed by atoms with Gasteiger partial charge in [0.05, 0.1) is 11.5 Å². The predicted octanol–water partition coefficient (Wildman–Crippen LogP) is 3.27. The number of nitrogens with one attached hydrogen (secondary N) is 1. The molecule has 5 nitrogen and oxygen atoms in total. The molecule has 3 atom stereocenters. The Balaban J connectivity index is 0.00000261. The number of piperidine rings is 1. The Labute approximate surface area is 185 Å². The molecule has 0 aromatic carbocycles. The summed E-state index contributed by atoms with van der Waals surface area (Å²) >= 11 is 1.78. The van der Waals surface area contributed by atoms with E-state index in [4.69, 9.17) is 4.99 Å². The minimum Gasteiger partial charge on any atom is -0.356 e. The van der Waals surface area contributed by atoms with Gasteiger partial charge in [-0.1, -0.05) is 19.9 Å². The number of likely N-dealkylation sites (tertiary alicyclic amines) is 1. The van der Waals surface area contributed by atoms with Gasteiger partial charge in [0.15, 0.2) is 15.8 Å². The average Bonchev–Trinajstić information content (AvgIpc) is 3.19. The first-order valence-electron chi connectivity index (χ1n) is 9.67. The minimum atomic E-state index is -2.83. The molecule has 2 fully saturated rings. The standard InChI is InChI=1S/C19H31N3O2S2.HI/c1-15-10-16(2)13-22(12-15)19(20-7-5-18-4-3-8-25-18)21-11-17-6-9-26(23,24)14-17;/h3-4,8,15-17H,5-7,9-14H2,1-2H3,(H,20,21);1H. The molecule has 0 radical (unpaired) electrons. The minimum absolute atomic E-state index is 0. The van der Waals surface area contributed by atoms with E-state index in [0.717, 1.165) is 38.4 Å². The Bertz CT molecular complexity index is 697. The first-order valence-corrected chi connectivity index (χ1v) is 12.4. The summed E-state index contributed by atoms with van der Waals surface area (Å²) in [5.41, 5.74) is 0. The van der Waals surface area contributed by atoms with Crippen LogP contribution in [0.3, 0.4) is 0 Å². The molecule has 2 saturated heterocycles. The lowest BCUT2D eigenvalue weighted by atomic mass is 9.92. The number of thiophene rings is 1. The van der Waals surface area contributed by atoms with Crippen LogP contribution in [-0.2, 0) is 16.3 Å². The van der Waals surface area contributed by atoms with E-state index < -0.39 is 9.84 Å². The average molecular weight is 526 g/mol. The highest BCUT2D eigenvalue weighted by atomic mass is 127. The molecule has 0 amide bonds. The highest BCUT2D eigenvalue weighted by Crippen LogP contribution is 2.22. The second-order valence-corrected chi connectivity index (χ2v) is 11.3. The van der Waals surface area contributed by atoms with Gasteiger partial charge in [-0.2, -0.15) is 0 Å². The van der Waals surface area contributed by atoms with E-state index in [1.165, 1.54) is 11.3 Å². The smallest absolute Gasteiger partial charge is 0.193 e. The van der Waals surface area contributed by atoms with Crippen molar-refractivity contribution in [3.63, 3.8) is 0 Å². The molecule has 0 aliphatic carbocycles. The van der Waals surface area contributed by atoms with E-state index in [2.05, 4.69) is 41.6 Å². The van der Waals surface area contributed by atoms with Crippen LogP contribution in [0.5, 0.6) is 0 Å². The monoisotopic (exact) mass is 525 g/mol. The Morgan fingerprint density at radius 3 is 2.67 bits per heavy atom. The van der Waals surface area contributed by atoms with E-state index in [1.54, 1.807) is 11.3 Å². The van der Waals surface area contributed by atoms with Crippen LogP contribution >= 0.6 is 35.3 Å². The summed E-state index contributed by atoms with van der Waals surface area (Å²) in [6.07, 6.45) is 3.01. The van der Waals surface area contributed by atoms with E-state index >= 15 is 0 Å². The summed E-state index contributed by atoms with van der Waals surface area (Å²) in [5, 5.41) is 5.66. The van der Waals surface area contributed by atoms with Crippen LogP contribution in [-0.4, -0.2) is 57.0 Å². The van der Waals surface area contributed by atoms with Crippen LogP contribution in [0.15, 0.2) is 22.5 Å². The van der Waals surface area contributed by atoms with Gasteiger partial charge >= 0.3 is 0 Å². The topological polar surface area (TPSA) is 61.8 Å². The zero-order valence-electron chi connectivity index (χ0n) is 16.3. The first kappa shape index (κ1) is 22.9. The summed E-state index contributed by atoms with van der Waals surface area (Å²) in [4.78, 5) is 8.60. The highest BCUT2D eigenvalue weighted by molar-refractivity contribution is 14.0. The van der Waals surface area contributed by atoms with E-state index in [9.17, 15) is 8.42 Å². The van der Waals surface area contributed by atoms with Gasteiger partial charge in [0, 0.05) is 31.1 Å². The number of halogens is 1. The SMILES string of the molecule is CC1CC(C)CN(C(=NCC2CCS(=O)(=O)C2)NCCc2cccs2)C1.I. The summed E-state index contributed by atoms with van der Waals surface area (Å²) in [6, 6.07) is 4.25. The summed E-state index contributed by atoms with van der Waals surface area (Å²) in [5.74, 6) is 3.08. The Hall–Kier alpha value is -0.350. The molecule has 0 spiro atoms. The summed E-state index contributed by atoms with van der Waals surface area (Å²) in [7, 11) is -2.83. The van der Waals surface area contributed by atoms with Crippen LogP contribution in [0.1, 0.15) is 31.6 Å². The molecule has 1 N–H and O–H groups in total. The number of sulfone groups is 1. The molecule has 1 aromatic heterocycles. The van der Waals surface area contributed by atoms with Gasteiger partial charge in [-0.15, -0.1) is 35.3 Å². The fraction of sp³-hybridized carbons (Fsp3) is 0.737. The van der Waals surface area contributed by atoms with Gasteiger partial charge in [-0.25, -0.2) is 8.42 Å². The van der Waals surface area contributed by atoms with Crippen molar-refractivity contribution in [2.24, 2.45) is 22.7 Å². The maximum Gasteiger partial charge on any atom is 0.193 e. The molecule has 3 unspecified atom stereocenters. The first-order chi connectivity index (χ1) is 12.4. The number of hydrogen-bond acceptors (Lipinski definition) is 4. The van der Waals surface area contributed by atoms with Crippen LogP contribution in [0.4, 0.5) is 0 Å². The second-order valence-electron chi connectivity index (χ2n) is 8.04. The van der Waals surface area contributed by atoms with Crippen molar-refractivity contribution < 1.29 is 8.42 Å². The van der Waals surface area contributed by atoms with Gasteiger partial charge in [-0.3, -0.25) is 4.99 Å². The second kappa shape index (κ2) is 10.4. The van der Waals surface area contributed by atoms with E-state index in [0.29, 0.717) is 29.9 Å². The van der Waals surface area contributed by atoms with Crippen molar-refractivity contribution >= 4 is 51.1 Å². The Morgan fingerprint density at radius 2 is 2.07 bits per heavy atom. The molecular weight excluding hydrogens is 493 g/mol. The van der Waals surface area contributed by atoms with Crippen LogP contribution in [0.2, 0.25) is 0 Å². The lowest BCUT2D eigenvalue weighted by Crippen LogP contribution is -2.49. The van der Waals surface area contributed by atoms with Crippen molar-refractivity contribution in [3.8, 4) is 0 Å². The molecule has 1 aromatic rings. The molecule has 3 heterocycles. The van der Waals surface area contributed by atoms with Gasteiger partial charge < -0.3 is 10.2 Å². The van der Waals surface area contributed by atoms with Crippen molar-refractivity contribution in [2.75, 3.05) is 37.7 Å². The predicted molar refractivity (Wildman–Crippen MR) is 125 cm³/mol. The lowest BCUT2D eigenvalue weighted by Gasteiger charge is -2.37. The number of guanidine groups is 1. The molecule has 0 saturated carbocycles. The zero-order chi connectivity index (χ0) is 18.6. The van der Waals surface area contributed by atoms with Gasteiger partial charge in [0.2, 0.25) is 0 Å². The summed E-state index contributed by atoms with van der Waals surface area (Å²) in [6.45, 7) is 8.13. The number of aliphatic imine (C=N–C) groups is 1. The normalized spacial score (nSPS) is 28.0. The fourth-order valence-corrected chi connectivity index (χ4v) is 6.65. The number of hydrogen-bond donors (Lipinski definition) is 1. The van der Waals surface area contributed by atoms with Gasteiger partial charge in [0.1, 0.15) is 0 Å². The van der Waals surface area contributed by atoms with Gasteiger partial charge in [-0.05, 0) is 48.5 Å². The fourth-order valence-electron chi connectivity index (χ4n) is 4.09. The van der Waals surface area contributed by atoms with Crippen molar-refractivity contribution in [2.45, 2.75) is 33.1 Å². The number of nitrogens with zero attached hydrogens (tertiary/aromatic N) is 2. The Kier molecular flexibility index (Phi) is 8.86. The van der Waals surface area contributed by atoms with Crippen molar-refractivity contribution in [1.29, 1.82) is 0 Å². The third kappa shape index (κ3) is 7.20. The lowest BCUT2D eigenvalue weighted by molar-refractivity contribution is 0.208. The largest absolute Gasteiger partial charge is 0.356 e. The van der Waals surface area contributed by atoms with Crippen LogP contribution in [0, 0.1) is 17.8 Å². The van der Waals surface area contributed by atoms with E-state index in [1.807, 2.05) is 0 Å². The summed E-state index contributed by atoms with van der Waals surface area (Å²) < 4.78 is 23.4. The third-order valence-electron chi connectivity index (χ3n) is 5.23. The third-order valence-corrected chi connectivity index (χ3v) is 8.00. The van der Waals surface area contributed by atoms with Gasteiger partial charge in [0.25, 0.3) is 0 Å². The van der Waals surface area contributed by atoms with Crippen molar-refractivity contribution in [3.05, 3.63) is 22.4 Å². The van der Waals surface area contributed by atoms with E-state index in [-0.39, 0.29) is 29.9 Å². The number of rotatable bonds is 5. The quantitative estimate of drug-likeness (QED) is 0.364. The molecule has 154 valence electrons. The molecular formula is C19H32IN3O2S2. The highest BCUT2D eigenvalue weighted by Gasteiger charge is 2.28.